The Hall–Kier alpha value is -3.67. The van der Waals surface area contributed by atoms with E-state index in [9.17, 15) is 13.6 Å². The van der Waals surface area contributed by atoms with Gasteiger partial charge in [-0.25, -0.2) is 8.78 Å². The van der Waals surface area contributed by atoms with E-state index >= 15 is 0 Å². The van der Waals surface area contributed by atoms with E-state index < -0.39 is 13.0 Å². The quantitative estimate of drug-likeness (QED) is 0.296. The van der Waals surface area contributed by atoms with Crippen molar-refractivity contribution in [3.63, 3.8) is 0 Å². The largest absolute Gasteiger partial charge is 0.481 e. The van der Waals surface area contributed by atoms with Crippen LogP contribution < -0.4 is 9.47 Å². The molecule has 7 rings (SSSR count). The number of halogens is 2. The lowest BCUT2D eigenvalue weighted by molar-refractivity contribution is -0.146. The number of rotatable bonds is 11. The Morgan fingerprint density at radius 1 is 0.936 bits per heavy atom. The fraction of sp³-hybridized carbons (Fsp3) is 0.528. The number of hydrogen-bond donors (Lipinski definition) is 0. The van der Waals surface area contributed by atoms with Crippen LogP contribution >= 0.6 is 0 Å². The zero-order valence-corrected chi connectivity index (χ0v) is 26.8. The van der Waals surface area contributed by atoms with Gasteiger partial charge in [-0.05, 0) is 36.8 Å². The van der Waals surface area contributed by atoms with E-state index in [1.54, 1.807) is 7.11 Å². The molecule has 0 unspecified atom stereocenters. The zero-order chi connectivity index (χ0) is 32.3. The Kier molecular flexibility index (Phi) is 9.65. The number of alkyl halides is 2. The summed E-state index contributed by atoms with van der Waals surface area (Å²) < 4.78 is 43.9. The first-order valence-corrected chi connectivity index (χ1v) is 16.8. The van der Waals surface area contributed by atoms with Crippen LogP contribution in [0.1, 0.15) is 60.0 Å². The second kappa shape index (κ2) is 14.2. The van der Waals surface area contributed by atoms with Crippen molar-refractivity contribution in [1.29, 1.82) is 0 Å². The first-order valence-electron chi connectivity index (χ1n) is 16.8. The highest BCUT2D eigenvalue weighted by Gasteiger charge is 2.44. The number of benzene rings is 2. The predicted molar refractivity (Wildman–Crippen MR) is 172 cm³/mol. The molecule has 1 amide bonds. The highest BCUT2D eigenvalue weighted by atomic mass is 19.3. The maximum atomic E-state index is 13.5. The maximum Gasteiger partial charge on any atom is 0.272 e. The summed E-state index contributed by atoms with van der Waals surface area (Å²) in [6.45, 7) is 3.61. The van der Waals surface area contributed by atoms with E-state index in [0.29, 0.717) is 56.6 Å². The summed E-state index contributed by atoms with van der Waals surface area (Å²) in [6.07, 6.45) is 0.603. The number of hydrogen-bond acceptors (Lipinski definition) is 8. The molecule has 11 heteroatoms. The molecule has 0 bridgehead atoms. The van der Waals surface area contributed by atoms with Crippen molar-refractivity contribution in [2.75, 3.05) is 53.0 Å². The fourth-order valence-electron chi connectivity index (χ4n) is 7.54. The minimum Gasteiger partial charge on any atom is -0.481 e. The van der Waals surface area contributed by atoms with Gasteiger partial charge < -0.3 is 19.1 Å². The third-order valence-corrected chi connectivity index (χ3v) is 9.90. The van der Waals surface area contributed by atoms with Crippen LogP contribution in [0, 0.1) is 0 Å². The summed E-state index contributed by atoms with van der Waals surface area (Å²) in [5.74, 6) is 1.46. The third-order valence-electron chi connectivity index (χ3n) is 9.90. The molecule has 4 heterocycles. The summed E-state index contributed by atoms with van der Waals surface area (Å²) in [5, 5.41) is 0. The first kappa shape index (κ1) is 31.9. The lowest BCUT2D eigenvalue weighted by Crippen LogP contribution is -2.67. The molecule has 250 valence electrons. The average molecular weight is 648 g/mol. The standard InChI is InChI=1S/C36H43F2N5O4/c1-45-34-28(35(47-23-31(37)38)40-33(39-34)26-14-15-26)21-41-19-27-20-42(36(44)30-13-8-18-46-30)16-17-43(27)29(22-41)32(24-9-4-2-5-10-24)25-11-6-3-7-12-25/h2-7,9-12,26-27,29-32H,8,13-23H2,1H3/t27-,29+,30-/m1/s1. The van der Waals surface area contributed by atoms with Crippen LogP contribution in [0.25, 0.3) is 0 Å². The number of piperazine rings is 2. The maximum absolute atomic E-state index is 13.5. The van der Waals surface area contributed by atoms with Gasteiger partial charge in [-0.2, -0.15) is 9.97 Å². The number of nitrogens with zero attached hydrogens (tertiary/aromatic N) is 5. The number of ether oxygens (including phenoxy) is 3. The molecule has 4 fully saturated rings. The number of carbonyl (C=O) groups is 1. The number of fused-ring (bicyclic) bond motifs is 1. The molecule has 1 saturated carbocycles. The fourth-order valence-corrected chi connectivity index (χ4v) is 7.54. The van der Waals surface area contributed by atoms with Gasteiger partial charge in [0, 0.05) is 69.8 Å². The molecular formula is C36H43F2N5O4. The monoisotopic (exact) mass is 647 g/mol. The molecule has 4 aliphatic rings. The van der Waals surface area contributed by atoms with Gasteiger partial charge in [0.15, 0.2) is 6.61 Å². The second-order valence-electron chi connectivity index (χ2n) is 13.1. The zero-order valence-electron chi connectivity index (χ0n) is 26.8. The Labute approximate surface area is 274 Å². The van der Waals surface area contributed by atoms with E-state index in [1.165, 1.54) is 11.1 Å². The van der Waals surface area contributed by atoms with Crippen molar-refractivity contribution < 1.29 is 27.8 Å². The summed E-state index contributed by atoms with van der Waals surface area (Å²) >= 11 is 0. The minimum absolute atomic E-state index is 0.0471. The molecule has 0 spiro atoms. The summed E-state index contributed by atoms with van der Waals surface area (Å²) in [4.78, 5) is 29.8. The van der Waals surface area contributed by atoms with E-state index in [2.05, 4.69) is 63.3 Å². The van der Waals surface area contributed by atoms with Crippen LogP contribution in [0.15, 0.2) is 60.7 Å². The molecule has 3 saturated heterocycles. The minimum atomic E-state index is -2.63. The SMILES string of the molecule is COc1nc(C2CC2)nc(OCC(F)F)c1CN1C[C@@H]2CN(C(=O)[C@H]3CCCO3)CCN2[C@H](C(c2ccccc2)c2ccccc2)C1. The summed E-state index contributed by atoms with van der Waals surface area (Å²) in [6, 6.07) is 21.3. The molecule has 1 aromatic heterocycles. The number of carbonyl (C=O) groups excluding carboxylic acids is 1. The molecule has 3 aromatic rings. The third kappa shape index (κ3) is 7.12. The van der Waals surface area contributed by atoms with Gasteiger partial charge in [0.2, 0.25) is 11.8 Å². The molecular weight excluding hydrogens is 604 g/mol. The van der Waals surface area contributed by atoms with E-state index in [0.717, 1.165) is 32.2 Å². The number of methoxy groups -OCH3 is 1. The van der Waals surface area contributed by atoms with Gasteiger partial charge in [-0.15, -0.1) is 0 Å². The van der Waals surface area contributed by atoms with Crippen LogP contribution in [0.4, 0.5) is 8.78 Å². The van der Waals surface area contributed by atoms with E-state index in [-0.39, 0.29) is 41.8 Å². The van der Waals surface area contributed by atoms with Crippen molar-refractivity contribution in [2.45, 2.75) is 68.7 Å². The van der Waals surface area contributed by atoms with Crippen molar-refractivity contribution in [3.8, 4) is 11.8 Å². The molecule has 3 aliphatic heterocycles. The molecule has 1 aliphatic carbocycles. The van der Waals surface area contributed by atoms with Gasteiger partial charge in [-0.3, -0.25) is 14.6 Å². The van der Waals surface area contributed by atoms with Crippen LogP contribution in [-0.2, 0) is 16.1 Å². The molecule has 47 heavy (non-hydrogen) atoms. The van der Waals surface area contributed by atoms with E-state index in [4.69, 9.17) is 19.2 Å². The molecule has 3 atom stereocenters. The topological polar surface area (TPSA) is 80.3 Å². The molecule has 0 N–H and O–H groups in total. The molecule has 9 nitrogen and oxygen atoms in total. The Balaban J connectivity index is 1.24. The van der Waals surface area contributed by atoms with Gasteiger partial charge >= 0.3 is 0 Å². The van der Waals surface area contributed by atoms with Gasteiger partial charge in [0.25, 0.3) is 12.3 Å². The molecule has 2 aromatic carbocycles. The number of amides is 1. The van der Waals surface area contributed by atoms with Crippen LogP contribution in [0.5, 0.6) is 11.8 Å². The van der Waals surface area contributed by atoms with Crippen molar-refractivity contribution >= 4 is 5.91 Å². The highest BCUT2D eigenvalue weighted by Crippen LogP contribution is 2.42. The average Bonchev–Trinajstić information content (AvgIpc) is 3.81. The summed E-state index contributed by atoms with van der Waals surface area (Å²) in [5.41, 5.74) is 3.01. The van der Waals surface area contributed by atoms with Gasteiger partial charge in [0.1, 0.15) is 11.9 Å². The van der Waals surface area contributed by atoms with Crippen LogP contribution in [-0.4, -0.2) is 108 Å². The smallest absolute Gasteiger partial charge is 0.272 e. The van der Waals surface area contributed by atoms with E-state index in [1.807, 2.05) is 17.0 Å². The van der Waals surface area contributed by atoms with Gasteiger partial charge in [-0.1, -0.05) is 60.7 Å². The van der Waals surface area contributed by atoms with Crippen molar-refractivity contribution in [2.24, 2.45) is 0 Å². The Morgan fingerprint density at radius 3 is 2.26 bits per heavy atom. The second-order valence-corrected chi connectivity index (χ2v) is 13.1. The first-order chi connectivity index (χ1) is 23.0. The lowest BCUT2D eigenvalue weighted by atomic mass is 9.81. The Morgan fingerprint density at radius 2 is 1.64 bits per heavy atom. The van der Waals surface area contributed by atoms with Crippen LogP contribution in [0.2, 0.25) is 0 Å². The van der Waals surface area contributed by atoms with Gasteiger partial charge in [0.05, 0.1) is 12.7 Å². The summed E-state index contributed by atoms with van der Waals surface area (Å²) in [7, 11) is 1.55. The molecule has 0 radical (unpaired) electrons. The van der Waals surface area contributed by atoms with Crippen molar-refractivity contribution in [1.82, 2.24) is 24.7 Å². The predicted octanol–water partition coefficient (Wildman–Crippen LogP) is 4.71. The van der Waals surface area contributed by atoms with Crippen LogP contribution in [0.3, 0.4) is 0 Å². The number of aromatic nitrogens is 2. The van der Waals surface area contributed by atoms with Crippen molar-refractivity contribution in [3.05, 3.63) is 83.2 Å². The normalized spacial score (nSPS) is 23.7. The Bertz CT molecular complexity index is 1470. The lowest BCUT2D eigenvalue weighted by Gasteiger charge is -2.53. The highest BCUT2D eigenvalue weighted by molar-refractivity contribution is 5.81.